The topological polar surface area (TPSA) is 65.6 Å². The molecule has 0 saturated carbocycles. The number of piperazine rings is 2. The van der Waals surface area contributed by atoms with Gasteiger partial charge in [0, 0.05) is 69.7 Å². The van der Waals surface area contributed by atoms with Crippen LogP contribution in [-0.4, -0.2) is 104 Å². The Morgan fingerprint density at radius 3 is 2.38 bits per heavy atom. The summed E-state index contributed by atoms with van der Waals surface area (Å²) in [6.45, 7) is 18.5. The summed E-state index contributed by atoms with van der Waals surface area (Å²) in [7, 11) is 0. The molecule has 0 aromatic heterocycles. The van der Waals surface area contributed by atoms with Gasteiger partial charge in [0.1, 0.15) is 11.6 Å². The lowest BCUT2D eigenvalue weighted by atomic mass is 10.1. The molecule has 0 bridgehead atoms. The molecule has 0 aliphatic carbocycles. The van der Waals surface area contributed by atoms with Crippen LogP contribution in [0.2, 0.25) is 5.02 Å². The Kier molecular flexibility index (Phi) is 10.5. The number of halogens is 1. The van der Waals surface area contributed by atoms with Crippen molar-refractivity contribution in [2.45, 2.75) is 59.6 Å². The second-order valence-corrected chi connectivity index (χ2v) is 11.3. The van der Waals surface area contributed by atoms with Crippen molar-refractivity contribution in [2.75, 3.05) is 70.5 Å². The first-order valence-electron chi connectivity index (χ1n) is 13.7. The molecule has 2 atom stereocenters. The van der Waals surface area contributed by atoms with Gasteiger partial charge in [-0.25, -0.2) is 4.79 Å². The van der Waals surface area contributed by atoms with Crippen LogP contribution in [0.1, 0.15) is 46.6 Å². The maximum atomic E-state index is 13.7. The van der Waals surface area contributed by atoms with Gasteiger partial charge in [-0.2, -0.15) is 0 Å². The monoisotopic (exact) mass is 536 g/mol. The van der Waals surface area contributed by atoms with Crippen molar-refractivity contribution in [3.63, 3.8) is 0 Å². The second-order valence-electron chi connectivity index (χ2n) is 10.9. The van der Waals surface area contributed by atoms with E-state index in [1.807, 2.05) is 58.6 Å². The van der Waals surface area contributed by atoms with E-state index in [2.05, 4.69) is 15.9 Å². The average molecular weight is 537 g/mol. The molecule has 3 aliphatic rings. The van der Waals surface area contributed by atoms with E-state index in [1.54, 1.807) is 4.90 Å². The fourth-order valence-corrected chi connectivity index (χ4v) is 5.19. The molecule has 1 unspecified atom stereocenters. The number of carbonyl (C=O) groups excluding carboxylic acids is 2. The normalized spacial score (nSPS) is 22.9. The van der Waals surface area contributed by atoms with E-state index in [9.17, 15) is 9.59 Å². The minimum Gasteiger partial charge on any atom is -0.444 e. The minimum absolute atomic E-state index is 0.00941. The summed E-state index contributed by atoms with van der Waals surface area (Å²) in [6, 6.07) is 5.51. The van der Waals surface area contributed by atoms with Gasteiger partial charge in [0.15, 0.2) is 0 Å². The number of nitrogens with zero attached hydrogens (tertiary/aromatic N) is 4. The third-order valence-corrected chi connectivity index (χ3v) is 7.44. The first-order valence-corrected chi connectivity index (χ1v) is 14.1. The Balaban J connectivity index is 0.00000186. The molecule has 208 valence electrons. The third-order valence-electron chi connectivity index (χ3n) is 7.02. The zero-order valence-electron chi connectivity index (χ0n) is 23.5. The lowest BCUT2D eigenvalue weighted by molar-refractivity contribution is -0.139. The Hall–Kier alpha value is -2.03. The number of anilines is 1. The summed E-state index contributed by atoms with van der Waals surface area (Å²) in [5.41, 5.74) is 1.56. The second kappa shape index (κ2) is 13.2. The maximum Gasteiger partial charge on any atom is 0.411 e. The molecule has 0 spiro atoms. The molecule has 8 nitrogen and oxygen atoms in total. The van der Waals surface area contributed by atoms with E-state index in [4.69, 9.17) is 21.1 Å². The summed E-state index contributed by atoms with van der Waals surface area (Å²) in [5, 5.41) is 0.760. The standard InChI is InChI=1S/C26H39ClN4O4.C2H6/c1-19-15-21(5-6-22(19)27)29-9-11-30(12-10-29)24(32)23-17-28(16-20-7-14-34-18-20)8-13-31(23)25(33)35-26(2,3)4;1-2/h5-6,15,20,23H,7-14,16-18H2,1-4H3;1-2H3/t20?,23-;/m1./s1. The molecule has 9 heteroatoms. The van der Waals surface area contributed by atoms with Crippen molar-refractivity contribution >= 4 is 29.3 Å². The lowest BCUT2D eigenvalue weighted by Crippen LogP contribution is -2.63. The van der Waals surface area contributed by atoms with Crippen molar-refractivity contribution in [2.24, 2.45) is 5.92 Å². The first kappa shape index (κ1) is 29.5. The molecule has 0 radical (unpaired) electrons. The number of aryl methyl sites for hydroxylation is 1. The summed E-state index contributed by atoms with van der Waals surface area (Å²) in [5.74, 6) is 0.500. The van der Waals surface area contributed by atoms with Crippen LogP contribution in [0.15, 0.2) is 18.2 Å². The summed E-state index contributed by atoms with van der Waals surface area (Å²) in [4.78, 5) is 34.9. The molecule has 2 amide bonds. The Bertz CT molecular complexity index is 908. The van der Waals surface area contributed by atoms with Crippen LogP contribution in [0.4, 0.5) is 10.5 Å². The number of hydrogen-bond donors (Lipinski definition) is 0. The van der Waals surface area contributed by atoms with Gasteiger partial charge in [0.25, 0.3) is 0 Å². The molecular weight excluding hydrogens is 492 g/mol. The predicted molar refractivity (Wildman–Crippen MR) is 148 cm³/mol. The Morgan fingerprint density at radius 1 is 1.08 bits per heavy atom. The first-order chi connectivity index (χ1) is 17.6. The van der Waals surface area contributed by atoms with Gasteiger partial charge in [0.05, 0.1) is 6.61 Å². The SMILES string of the molecule is CC.Cc1cc(N2CCN(C(=O)[C@H]3CN(CC4CCOC4)CCN3C(=O)OC(C)(C)C)CC2)ccc1Cl. The van der Waals surface area contributed by atoms with Gasteiger partial charge in [-0.1, -0.05) is 25.4 Å². The van der Waals surface area contributed by atoms with Crippen LogP contribution in [0.5, 0.6) is 0 Å². The van der Waals surface area contributed by atoms with Gasteiger partial charge >= 0.3 is 6.09 Å². The van der Waals surface area contributed by atoms with Gasteiger partial charge in [-0.3, -0.25) is 14.6 Å². The van der Waals surface area contributed by atoms with E-state index in [0.29, 0.717) is 32.1 Å². The summed E-state index contributed by atoms with van der Waals surface area (Å²) < 4.78 is 11.2. The number of ether oxygens (including phenoxy) is 2. The predicted octanol–water partition coefficient (Wildman–Crippen LogP) is 4.28. The van der Waals surface area contributed by atoms with Crippen molar-refractivity contribution in [3.05, 3.63) is 28.8 Å². The van der Waals surface area contributed by atoms with Crippen LogP contribution in [-0.2, 0) is 14.3 Å². The van der Waals surface area contributed by atoms with Crippen molar-refractivity contribution in [1.29, 1.82) is 0 Å². The van der Waals surface area contributed by atoms with Crippen LogP contribution < -0.4 is 4.90 Å². The molecule has 3 heterocycles. The van der Waals surface area contributed by atoms with E-state index in [1.165, 1.54) is 0 Å². The molecule has 37 heavy (non-hydrogen) atoms. The van der Waals surface area contributed by atoms with Crippen LogP contribution in [0.25, 0.3) is 0 Å². The van der Waals surface area contributed by atoms with Crippen molar-refractivity contribution in [3.8, 4) is 0 Å². The number of benzene rings is 1. The van der Waals surface area contributed by atoms with E-state index < -0.39 is 17.7 Å². The number of rotatable bonds is 4. The van der Waals surface area contributed by atoms with Crippen molar-refractivity contribution < 1.29 is 19.1 Å². The number of amides is 2. The van der Waals surface area contributed by atoms with Gasteiger partial charge in [-0.15, -0.1) is 0 Å². The van der Waals surface area contributed by atoms with Crippen LogP contribution >= 0.6 is 11.6 Å². The summed E-state index contributed by atoms with van der Waals surface area (Å²) in [6.07, 6.45) is 0.645. The zero-order valence-corrected chi connectivity index (χ0v) is 24.2. The van der Waals surface area contributed by atoms with Crippen molar-refractivity contribution in [1.82, 2.24) is 14.7 Å². The smallest absolute Gasteiger partial charge is 0.411 e. The maximum absolute atomic E-state index is 13.7. The van der Waals surface area contributed by atoms with Gasteiger partial charge in [0.2, 0.25) is 5.91 Å². The molecule has 3 fully saturated rings. The van der Waals surface area contributed by atoms with Gasteiger partial charge < -0.3 is 19.3 Å². The Morgan fingerprint density at radius 2 is 1.78 bits per heavy atom. The molecular formula is C28H45ClN4O4. The van der Waals surface area contributed by atoms with E-state index in [0.717, 1.165) is 62.1 Å². The van der Waals surface area contributed by atoms with Crippen LogP contribution in [0, 0.1) is 12.8 Å². The highest BCUT2D eigenvalue weighted by Gasteiger charge is 2.40. The molecule has 3 saturated heterocycles. The van der Waals surface area contributed by atoms with E-state index >= 15 is 0 Å². The fraction of sp³-hybridized carbons (Fsp3) is 0.714. The number of carbonyl (C=O) groups is 2. The third kappa shape index (κ3) is 7.98. The molecule has 1 aromatic carbocycles. The fourth-order valence-electron chi connectivity index (χ4n) is 5.07. The number of hydrogen-bond acceptors (Lipinski definition) is 6. The molecule has 0 N–H and O–H groups in total. The summed E-state index contributed by atoms with van der Waals surface area (Å²) >= 11 is 6.19. The quantitative estimate of drug-likeness (QED) is 0.572. The van der Waals surface area contributed by atoms with Gasteiger partial charge in [-0.05, 0) is 63.8 Å². The zero-order chi connectivity index (χ0) is 27.2. The van der Waals surface area contributed by atoms with Crippen LogP contribution in [0.3, 0.4) is 0 Å². The highest BCUT2D eigenvalue weighted by atomic mass is 35.5. The lowest BCUT2D eigenvalue weighted by Gasteiger charge is -2.44. The molecule has 3 aliphatic heterocycles. The minimum atomic E-state index is -0.606. The highest BCUT2D eigenvalue weighted by Crippen LogP contribution is 2.25. The molecule has 4 rings (SSSR count). The molecule has 1 aromatic rings. The highest BCUT2D eigenvalue weighted by molar-refractivity contribution is 6.31. The van der Waals surface area contributed by atoms with E-state index in [-0.39, 0.29) is 5.91 Å². The Labute approximate surface area is 227 Å². The largest absolute Gasteiger partial charge is 0.444 e. The average Bonchev–Trinajstić information content (AvgIpc) is 3.38.